The summed E-state index contributed by atoms with van der Waals surface area (Å²) in [4.78, 5) is 0. The predicted octanol–water partition coefficient (Wildman–Crippen LogP) is 2.83. The van der Waals surface area contributed by atoms with Crippen molar-refractivity contribution in [2.24, 2.45) is 0 Å². The van der Waals surface area contributed by atoms with Crippen LogP contribution in [0.2, 0.25) is 0 Å². The van der Waals surface area contributed by atoms with Crippen LogP contribution in [-0.4, -0.2) is 5.11 Å². The lowest BCUT2D eigenvalue weighted by Gasteiger charge is -2.22. The maximum absolute atomic E-state index is 10.9. The van der Waals surface area contributed by atoms with E-state index in [4.69, 9.17) is 4.74 Å². The molecule has 0 fully saturated rings. The van der Waals surface area contributed by atoms with Gasteiger partial charge in [0.15, 0.2) is 5.60 Å². The molecule has 17 heavy (non-hydrogen) atoms. The van der Waals surface area contributed by atoms with Crippen molar-refractivity contribution >= 4 is 0 Å². The van der Waals surface area contributed by atoms with Crippen molar-refractivity contribution < 1.29 is 9.84 Å². The van der Waals surface area contributed by atoms with Crippen LogP contribution < -0.4 is 4.74 Å². The highest BCUT2D eigenvalue weighted by molar-refractivity contribution is 5.54. The van der Waals surface area contributed by atoms with Gasteiger partial charge in [-0.3, -0.25) is 0 Å². The van der Waals surface area contributed by atoms with Gasteiger partial charge in [0.05, 0.1) is 0 Å². The fourth-order valence-electron chi connectivity index (χ4n) is 2.21. The van der Waals surface area contributed by atoms with Crippen molar-refractivity contribution in [3.8, 4) is 5.75 Å². The maximum Gasteiger partial charge on any atom is 0.176 e. The van der Waals surface area contributed by atoms with E-state index in [2.05, 4.69) is 6.58 Å². The molecule has 1 atom stereocenters. The van der Waals surface area contributed by atoms with Crippen molar-refractivity contribution in [3.05, 3.63) is 78.1 Å². The topological polar surface area (TPSA) is 29.5 Å². The summed E-state index contributed by atoms with van der Waals surface area (Å²) in [5.41, 5.74) is 0.281. The Labute approximate surface area is 99.8 Å². The Balaban J connectivity index is 2.24. The van der Waals surface area contributed by atoms with Gasteiger partial charge in [-0.05, 0) is 11.6 Å². The van der Waals surface area contributed by atoms with Gasteiger partial charge in [-0.2, -0.15) is 0 Å². The molecule has 1 N–H and O–H groups in total. The monoisotopic (exact) mass is 224 g/mol. The van der Waals surface area contributed by atoms with E-state index in [1.807, 2.05) is 54.6 Å². The zero-order valence-corrected chi connectivity index (χ0v) is 9.26. The smallest absolute Gasteiger partial charge is 0.176 e. The summed E-state index contributed by atoms with van der Waals surface area (Å²) in [7, 11) is 0. The number of fused-ring (bicyclic) bond motifs is 1. The largest absolute Gasteiger partial charge is 0.458 e. The minimum atomic E-state index is -1.24. The van der Waals surface area contributed by atoms with Crippen LogP contribution in [0.1, 0.15) is 11.1 Å². The van der Waals surface area contributed by atoms with Gasteiger partial charge in [0, 0.05) is 5.56 Å². The molecule has 84 valence electrons. The van der Waals surface area contributed by atoms with Crippen LogP contribution in [-0.2, 0) is 5.60 Å². The zero-order chi connectivity index (χ0) is 11.9. The molecule has 0 aromatic heterocycles. The third-order valence-electron chi connectivity index (χ3n) is 3.11. The molecule has 1 unspecified atom stereocenters. The Kier molecular flexibility index (Phi) is 2.06. The fourth-order valence-corrected chi connectivity index (χ4v) is 2.21. The second kappa shape index (κ2) is 3.47. The molecular formula is C15H12O2. The summed E-state index contributed by atoms with van der Waals surface area (Å²) < 4.78 is 5.53. The highest BCUT2D eigenvalue weighted by atomic mass is 16.5. The number of ether oxygens (including phenoxy) is 1. The Morgan fingerprint density at radius 2 is 1.59 bits per heavy atom. The average Bonchev–Trinajstić information content (AvgIpc) is 2.64. The van der Waals surface area contributed by atoms with E-state index in [1.54, 1.807) is 0 Å². The van der Waals surface area contributed by atoms with Crippen LogP contribution in [0.5, 0.6) is 5.75 Å². The van der Waals surface area contributed by atoms with Gasteiger partial charge in [0.2, 0.25) is 0 Å². The number of aliphatic hydroxyl groups is 1. The average molecular weight is 224 g/mol. The number of rotatable bonds is 1. The van der Waals surface area contributed by atoms with E-state index in [9.17, 15) is 5.11 Å². The molecule has 0 saturated heterocycles. The second-order valence-electron chi connectivity index (χ2n) is 4.10. The predicted molar refractivity (Wildman–Crippen MR) is 65.7 cm³/mol. The normalized spacial score (nSPS) is 22.1. The lowest BCUT2D eigenvalue weighted by atomic mass is 9.86. The maximum atomic E-state index is 10.9. The minimum Gasteiger partial charge on any atom is -0.458 e. The second-order valence-corrected chi connectivity index (χ2v) is 4.10. The van der Waals surface area contributed by atoms with Gasteiger partial charge in [-0.1, -0.05) is 55.1 Å². The summed E-state index contributed by atoms with van der Waals surface area (Å²) in [5, 5.41) is 10.9. The molecule has 1 heterocycles. The lowest BCUT2D eigenvalue weighted by molar-refractivity contribution is 0.103. The summed E-state index contributed by atoms with van der Waals surface area (Å²) in [6, 6.07) is 16.9. The summed E-state index contributed by atoms with van der Waals surface area (Å²) in [6.45, 7) is 3.83. The highest BCUT2D eigenvalue weighted by Gasteiger charge is 2.44. The first-order valence-corrected chi connectivity index (χ1v) is 5.47. The molecule has 3 rings (SSSR count). The van der Waals surface area contributed by atoms with Crippen LogP contribution in [0.3, 0.4) is 0 Å². The standard InChI is InChI=1S/C15H12O2/c1-11-15(16,12-7-3-2-4-8-12)13-9-5-6-10-14(13)17-11/h2-10,16H,1H2. The molecule has 0 amide bonds. The van der Waals surface area contributed by atoms with Crippen molar-refractivity contribution in [3.63, 3.8) is 0 Å². The summed E-state index contributed by atoms with van der Waals surface area (Å²) >= 11 is 0. The van der Waals surface area contributed by atoms with Gasteiger partial charge in [-0.15, -0.1) is 0 Å². The van der Waals surface area contributed by atoms with E-state index in [0.717, 1.165) is 11.1 Å². The molecule has 0 spiro atoms. The number of hydrogen-bond donors (Lipinski definition) is 1. The molecule has 2 aromatic carbocycles. The van der Waals surface area contributed by atoms with Crippen molar-refractivity contribution in [2.75, 3.05) is 0 Å². The van der Waals surface area contributed by atoms with Crippen molar-refractivity contribution in [1.29, 1.82) is 0 Å². The van der Waals surface area contributed by atoms with Crippen molar-refractivity contribution in [1.82, 2.24) is 0 Å². The quantitative estimate of drug-likeness (QED) is 0.807. The van der Waals surface area contributed by atoms with Gasteiger partial charge < -0.3 is 9.84 Å². The van der Waals surface area contributed by atoms with Crippen LogP contribution in [0.4, 0.5) is 0 Å². The summed E-state index contributed by atoms with van der Waals surface area (Å²) in [6.07, 6.45) is 0. The fraction of sp³-hybridized carbons (Fsp3) is 0.0667. The van der Waals surface area contributed by atoms with Crippen LogP contribution in [0.25, 0.3) is 0 Å². The number of benzene rings is 2. The number of hydrogen-bond acceptors (Lipinski definition) is 2. The molecule has 2 heteroatoms. The third-order valence-corrected chi connectivity index (χ3v) is 3.11. The van der Waals surface area contributed by atoms with Crippen LogP contribution in [0.15, 0.2) is 66.9 Å². The molecule has 2 nitrogen and oxygen atoms in total. The van der Waals surface area contributed by atoms with Gasteiger partial charge in [0.1, 0.15) is 11.5 Å². The van der Waals surface area contributed by atoms with E-state index >= 15 is 0 Å². The van der Waals surface area contributed by atoms with Crippen LogP contribution in [0, 0.1) is 0 Å². The first-order chi connectivity index (χ1) is 8.23. The van der Waals surface area contributed by atoms with E-state index in [1.165, 1.54) is 0 Å². The van der Waals surface area contributed by atoms with Gasteiger partial charge >= 0.3 is 0 Å². The summed E-state index contributed by atoms with van der Waals surface area (Å²) in [5.74, 6) is 1.02. The van der Waals surface area contributed by atoms with Gasteiger partial charge in [0.25, 0.3) is 0 Å². The molecule has 0 radical (unpaired) electrons. The highest BCUT2D eigenvalue weighted by Crippen LogP contribution is 2.46. The van der Waals surface area contributed by atoms with E-state index in [0.29, 0.717) is 11.5 Å². The zero-order valence-electron chi connectivity index (χ0n) is 9.26. The van der Waals surface area contributed by atoms with E-state index < -0.39 is 5.60 Å². The Bertz CT molecular complexity index is 574. The molecule has 0 bridgehead atoms. The SMILES string of the molecule is C=C1Oc2ccccc2C1(O)c1ccccc1. The van der Waals surface area contributed by atoms with Gasteiger partial charge in [-0.25, -0.2) is 0 Å². The molecule has 0 aliphatic carbocycles. The Morgan fingerprint density at radius 3 is 2.35 bits per heavy atom. The molecule has 0 saturated carbocycles. The van der Waals surface area contributed by atoms with Crippen molar-refractivity contribution in [2.45, 2.75) is 5.60 Å². The molecule has 1 aliphatic heterocycles. The van der Waals surface area contributed by atoms with Crippen LogP contribution >= 0.6 is 0 Å². The van der Waals surface area contributed by atoms with E-state index in [-0.39, 0.29) is 0 Å². The lowest BCUT2D eigenvalue weighted by Crippen LogP contribution is -2.26. The number of para-hydroxylation sites is 1. The molecule has 1 aliphatic rings. The molecular weight excluding hydrogens is 212 g/mol. The molecule has 2 aromatic rings. The first-order valence-electron chi connectivity index (χ1n) is 5.47. The Hall–Kier alpha value is -2.06. The third kappa shape index (κ3) is 1.31. The first kappa shape index (κ1) is 10.1. The minimum absolute atomic E-state index is 0.352. The Morgan fingerprint density at radius 1 is 0.941 bits per heavy atom.